The number of nitrogens with two attached hydrogens (primary N) is 1. The zero-order chi connectivity index (χ0) is 14.8. The lowest BCUT2D eigenvalue weighted by Gasteiger charge is -2.07. The van der Waals surface area contributed by atoms with Gasteiger partial charge < -0.3 is 5.73 Å². The van der Waals surface area contributed by atoms with Crippen molar-refractivity contribution in [1.29, 1.82) is 0 Å². The predicted molar refractivity (Wildman–Crippen MR) is 67.2 cm³/mol. The van der Waals surface area contributed by atoms with Crippen molar-refractivity contribution in [2.75, 3.05) is 5.32 Å². The fourth-order valence-corrected chi connectivity index (χ4v) is 1.98. The molecule has 9 heteroatoms. The van der Waals surface area contributed by atoms with E-state index < -0.39 is 17.6 Å². The Balaban J connectivity index is 2.09. The Bertz CT molecular complexity index is 609. The molecule has 20 heavy (non-hydrogen) atoms. The number of hydrogen-bond acceptors (Lipinski definition) is 5. The van der Waals surface area contributed by atoms with Crippen molar-refractivity contribution in [3.05, 3.63) is 40.4 Å². The molecule has 1 amide bonds. The number of amides is 1. The van der Waals surface area contributed by atoms with Crippen molar-refractivity contribution >= 4 is 22.4 Å². The number of nitrogens with one attached hydrogen (secondary N) is 1. The van der Waals surface area contributed by atoms with Crippen LogP contribution in [0.4, 0.5) is 18.3 Å². The third-order valence-electron chi connectivity index (χ3n) is 2.34. The molecule has 1 aromatic heterocycles. The van der Waals surface area contributed by atoms with E-state index in [2.05, 4.69) is 15.5 Å². The number of rotatable bonds is 3. The van der Waals surface area contributed by atoms with Crippen molar-refractivity contribution in [3.63, 3.8) is 0 Å². The Morgan fingerprint density at radius 3 is 2.40 bits per heavy atom. The van der Waals surface area contributed by atoms with Crippen LogP contribution < -0.4 is 11.1 Å². The summed E-state index contributed by atoms with van der Waals surface area (Å²) in [7, 11) is 0. The van der Waals surface area contributed by atoms with Gasteiger partial charge in [-0.2, -0.15) is 13.2 Å². The van der Waals surface area contributed by atoms with Gasteiger partial charge in [0, 0.05) is 12.1 Å². The molecule has 0 bridgehead atoms. The van der Waals surface area contributed by atoms with Crippen LogP contribution in [0.3, 0.4) is 0 Å². The number of hydrogen-bond donors (Lipinski definition) is 2. The zero-order valence-electron chi connectivity index (χ0n) is 9.94. The van der Waals surface area contributed by atoms with Gasteiger partial charge in [-0.05, 0) is 24.3 Å². The number of carbonyl (C=O) groups excluding carboxylic acids is 1. The molecule has 0 unspecified atom stereocenters. The van der Waals surface area contributed by atoms with Crippen LogP contribution in [0.1, 0.15) is 20.9 Å². The monoisotopic (exact) mass is 302 g/mol. The van der Waals surface area contributed by atoms with Crippen molar-refractivity contribution in [1.82, 2.24) is 10.2 Å². The summed E-state index contributed by atoms with van der Waals surface area (Å²) in [4.78, 5) is 11.8. The third kappa shape index (κ3) is 3.31. The van der Waals surface area contributed by atoms with E-state index in [4.69, 9.17) is 5.73 Å². The first-order valence-electron chi connectivity index (χ1n) is 5.41. The lowest BCUT2D eigenvalue weighted by Crippen LogP contribution is -2.12. The van der Waals surface area contributed by atoms with Crippen LogP contribution >= 0.6 is 11.3 Å². The van der Waals surface area contributed by atoms with Gasteiger partial charge in [-0.3, -0.25) is 10.1 Å². The summed E-state index contributed by atoms with van der Waals surface area (Å²) in [6.45, 7) is 0.202. The second-order valence-corrected chi connectivity index (χ2v) is 4.80. The summed E-state index contributed by atoms with van der Waals surface area (Å²) in [5, 5.41) is 10.6. The van der Waals surface area contributed by atoms with Crippen molar-refractivity contribution in [2.45, 2.75) is 12.7 Å². The van der Waals surface area contributed by atoms with Gasteiger partial charge >= 0.3 is 6.18 Å². The second kappa shape index (κ2) is 5.55. The SMILES string of the molecule is NCc1nnc(NC(=O)c2ccc(C(F)(F)F)cc2)s1. The van der Waals surface area contributed by atoms with E-state index >= 15 is 0 Å². The molecular formula is C11H9F3N4OS. The minimum atomic E-state index is -4.43. The molecule has 0 saturated heterocycles. The minimum absolute atomic E-state index is 0.0995. The van der Waals surface area contributed by atoms with E-state index in [-0.39, 0.29) is 17.2 Å². The highest BCUT2D eigenvalue weighted by atomic mass is 32.1. The molecule has 2 aromatic rings. The molecule has 3 N–H and O–H groups in total. The van der Waals surface area contributed by atoms with Gasteiger partial charge in [0.1, 0.15) is 5.01 Å². The molecule has 1 aromatic carbocycles. The number of alkyl halides is 3. The summed E-state index contributed by atoms with van der Waals surface area (Å²) < 4.78 is 37.1. The van der Waals surface area contributed by atoms with E-state index in [1.54, 1.807) is 0 Å². The molecule has 0 spiro atoms. The van der Waals surface area contributed by atoms with Crippen LogP contribution in [0.25, 0.3) is 0 Å². The lowest BCUT2D eigenvalue weighted by molar-refractivity contribution is -0.137. The van der Waals surface area contributed by atoms with Crippen LogP contribution in [0.2, 0.25) is 0 Å². The van der Waals surface area contributed by atoms with Gasteiger partial charge in [0.25, 0.3) is 5.91 Å². The standard InChI is InChI=1S/C11H9F3N4OS/c12-11(13,14)7-3-1-6(2-4-7)9(19)16-10-18-17-8(5-15)20-10/h1-4H,5,15H2,(H,16,18,19). The molecule has 5 nitrogen and oxygen atoms in total. The van der Waals surface area contributed by atoms with E-state index in [1.165, 1.54) is 0 Å². The van der Waals surface area contributed by atoms with Crippen LogP contribution in [-0.2, 0) is 12.7 Å². The molecule has 0 aliphatic carbocycles. The first-order valence-corrected chi connectivity index (χ1v) is 6.23. The van der Waals surface area contributed by atoms with Crippen LogP contribution in [0, 0.1) is 0 Å². The highest BCUT2D eigenvalue weighted by molar-refractivity contribution is 7.15. The van der Waals surface area contributed by atoms with Gasteiger partial charge in [-0.15, -0.1) is 10.2 Å². The Labute approximate surface area is 115 Å². The minimum Gasteiger partial charge on any atom is -0.324 e. The maximum atomic E-state index is 12.4. The zero-order valence-corrected chi connectivity index (χ0v) is 10.8. The number of carbonyl (C=O) groups is 1. The summed E-state index contributed by atoms with van der Waals surface area (Å²) in [5.41, 5.74) is 4.64. The average molecular weight is 302 g/mol. The molecule has 1 heterocycles. The highest BCUT2D eigenvalue weighted by Crippen LogP contribution is 2.29. The quantitative estimate of drug-likeness (QED) is 0.911. The molecular weight excluding hydrogens is 293 g/mol. The molecule has 0 aliphatic heterocycles. The molecule has 0 atom stereocenters. The van der Waals surface area contributed by atoms with Gasteiger partial charge in [0.05, 0.1) is 5.56 Å². The van der Waals surface area contributed by atoms with Crippen molar-refractivity contribution in [2.24, 2.45) is 5.73 Å². The van der Waals surface area contributed by atoms with Crippen molar-refractivity contribution in [3.8, 4) is 0 Å². The normalized spacial score (nSPS) is 11.4. The smallest absolute Gasteiger partial charge is 0.324 e. The maximum absolute atomic E-state index is 12.4. The molecule has 0 aliphatic rings. The van der Waals surface area contributed by atoms with Gasteiger partial charge in [-0.25, -0.2) is 0 Å². The van der Waals surface area contributed by atoms with E-state index in [0.29, 0.717) is 5.01 Å². The Hall–Kier alpha value is -2.00. The van der Waals surface area contributed by atoms with E-state index in [1.807, 2.05) is 0 Å². The fourth-order valence-electron chi connectivity index (χ4n) is 1.37. The number of nitrogens with zero attached hydrogens (tertiary/aromatic N) is 2. The summed E-state index contributed by atoms with van der Waals surface area (Å²) in [5.74, 6) is -0.557. The first kappa shape index (κ1) is 14.4. The van der Waals surface area contributed by atoms with Crippen molar-refractivity contribution < 1.29 is 18.0 Å². The van der Waals surface area contributed by atoms with Crippen LogP contribution in [0.5, 0.6) is 0 Å². The molecule has 0 saturated carbocycles. The lowest BCUT2D eigenvalue weighted by atomic mass is 10.1. The van der Waals surface area contributed by atoms with E-state index in [9.17, 15) is 18.0 Å². The average Bonchev–Trinajstić information content (AvgIpc) is 2.85. The number of benzene rings is 1. The Kier molecular flexibility index (Phi) is 4.00. The van der Waals surface area contributed by atoms with E-state index in [0.717, 1.165) is 35.6 Å². The predicted octanol–water partition coefficient (Wildman–Crippen LogP) is 2.27. The summed E-state index contributed by atoms with van der Waals surface area (Å²) in [6, 6.07) is 3.90. The fraction of sp³-hybridized carbons (Fsp3) is 0.182. The summed E-state index contributed by atoms with van der Waals surface area (Å²) in [6.07, 6.45) is -4.43. The second-order valence-electron chi connectivity index (χ2n) is 3.73. The number of anilines is 1. The molecule has 0 fully saturated rings. The molecule has 106 valence electrons. The number of halogens is 3. The van der Waals surface area contributed by atoms with Crippen LogP contribution in [0.15, 0.2) is 24.3 Å². The Morgan fingerprint density at radius 1 is 1.25 bits per heavy atom. The first-order chi connectivity index (χ1) is 9.40. The van der Waals surface area contributed by atoms with Crippen LogP contribution in [-0.4, -0.2) is 16.1 Å². The maximum Gasteiger partial charge on any atom is 0.416 e. The molecule has 2 rings (SSSR count). The number of aromatic nitrogens is 2. The third-order valence-corrected chi connectivity index (χ3v) is 3.20. The highest BCUT2D eigenvalue weighted by Gasteiger charge is 2.30. The molecule has 0 radical (unpaired) electrons. The van der Waals surface area contributed by atoms with Gasteiger partial charge in [-0.1, -0.05) is 11.3 Å². The van der Waals surface area contributed by atoms with Gasteiger partial charge in [0.15, 0.2) is 0 Å². The summed E-state index contributed by atoms with van der Waals surface area (Å²) >= 11 is 1.10. The topological polar surface area (TPSA) is 80.9 Å². The largest absolute Gasteiger partial charge is 0.416 e. The Morgan fingerprint density at radius 2 is 1.90 bits per heavy atom. The van der Waals surface area contributed by atoms with Gasteiger partial charge in [0.2, 0.25) is 5.13 Å².